The Labute approximate surface area is 116 Å². The van der Waals surface area contributed by atoms with Gasteiger partial charge in [-0.05, 0) is 24.3 Å². The van der Waals surface area contributed by atoms with Gasteiger partial charge in [0, 0.05) is 11.8 Å². The average Bonchev–Trinajstić information content (AvgIpc) is 2.95. The molecule has 3 rings (SSSR count). The summed E-state index contributed by atoms with van der Waals surface area (Å²) in [5, 5.41) is 3.60. The molecule has 0 amide bonds. The van der Waals surface area contributed by atoms with Gasteiger partial charge in [-0.1, -0.05) is 5.16 Å². The molecule has 0 fully saturated rings. The lowest BCUT2D eigenvalue weighted by Gasteiger charge is -1.98. The maximum atomic E-state index is 13.2. The van der Waals surface area contributed by atoms with Crippen LogP contribution in [0.5, 0.6) is 0 Å². The molecular weight excluding hydrogens is 285 g/mol. The highest BCUT2D eigenvalue weighted by Crippen LogP contribution is 2.24. The number of benzene rings is 1. The molecule has 0 saturated heterocycles. The molecule has 106 valence electrons. The summed E-state index contributed by atoms with van der Waals surface area (Å²) in [6, 6.07) is 4.71. The molecule has 2 heterocycles. The molecule has 0 aliphatic heterocycles. The minimum Gasteiger partial charge on any atom is -0.384 e. The first-order valence-corrected chi connectivity index (χ1v) is 5.75. The first-order chi connectivity index (χ1) is 10.0. The molecule has 3 aromatic rings. The summed E-state index contributed by atoms with van der Waals surface area (Å²) in [6.07, 6.45) is 1.42. The number of nitrogens with two attached hydrogens (primary N) is 1. The van der Waals surface area contributed by atoms with Crippen molar-refractivity contribution in [2.45, 2.75) is 0 Å². The minimum absolute atomic E-state index is 0.0372. The Kier molecular flexibility index (Phi) is 3.05. The van der Waals surface area contributed by atoms with Crippen molar-refractivity contribution in [3.05, 3.63) is 47.9 Å². The lowest BCUT2D eigenvalue weighted by atomic mass is 10.2. The number of halogens is 3. The number of hydrogen-bond acceptors (Lipinski definition) is 5. The average molecular weight is 292 g/mol. The second-order valence-corrected chi connectivity index (χ2v) is 4.15. The van der Waals surface area contributed by atoms with E-state index in [1.54, 1.807) is 6.07 Å². The van der Waals surface area contributed by atoms with E-state index >= 15 is 0 Å². The van der Waals surface area contributed by atoms with Crippen molar-refractivity contribution in [2.75, 3.05) is 5.73 Å². The SMILES string of the molecule is Nc1ccc(-c2nc(-c3cc(F)c(F)c(F)c3)no2)cn1. The third-order valence-corrected chi connectivity index (χ3v) is 2.70. The Bertz CT molecular complexity index is 778. The van der Waals surface area contributed by atoms with Crippen LogP contribution in [0, 0.1) is 17.5 Å². The zero-order valence-corrected chi connectivity index (χ0v) is 10.3. The number of pyridine rings is 1. The second kappa shape index (κ2) is 4.89. The fourth-order valence-corrected chi connectivity index (χ4v) is 1.67. The van der Waals surface area contributed by atoms with Crippen LogP contribution in [0.4, 0.5) is 19.0 Å². The van der Waals surface area contributed by atoms with Gasteiger partial charge in [0.2, 0.25) is 5.82 Å². The van der Waals surface area contributed by atoms with E-state index in [4.69, 9.17) is 10.3 Å². The summed E-state index contributed by atoms with van der Waals surface area (Å²) in [6.45, 7) is 0. The van der Waals surface area contributed by atoms with E-state index in [0.717, 1.165) is 12.1 Å². The number of anilines is 1. The molecule has 0 bridgehead atoms. The van der Waals surface area contributed by atoms with Crippen LogP contribution in [-0.4, -0.2) is 15.1 Å². The first-order valence-electron chi connectivity index (χ1n) is 5.75. The Morgan fingerprint density at radius 2 is 1.71 bits per heavy atom. The van der Waals surface area contributed by atoms with Gasteiger partial charge in [0.05, 0.1) is 5.56 Å². The normalized spacial score (nSPS) is 10.8. The zero-order valence-electron chi connectivity index (χ0n) is 10.3. The van der Waals surface area contributed by atoms with Gasteiger partial charge in [-0.3, -0.25) is 0 Å². The van der Waals surface area contributed by atoms with Crippen LogP contribution in [0.2, 0.25) is 0 Å². The van der Waals surface area contributed by atoms with Crippen molar-refractivity contribution < 1.29 is 17.7 Å². The Hall–Kier alpha value is -2.90. The smallest absolute Gasteiger partial charge is 0.259 e. The molecule has 5 nitrogen and oxygen atoms in total. The van der Waals surface area contributed by atoms with Crippen LogP contribution in [-0.2, 0) is 0 Å². The number of hydrogen-bond donors (Lipinski definition) is 1. The molecule has 0 spiro atoms. The molecule has 8 heteroatoms. The monoisotopic (exact) mass is 292 g/mol. The van der Waals surface area contributed by atoms with Crippen LogP contribution in [0.25, 0.3) is 22.8 Å². The van der Waals surface area contributed by atoms with E-state index < -0.39 is 17.5 Å². The highest BCUT2D eigenvalue weighted by molar-refractivity contribution is 5.60. The molecule has 0 radical (unpaired) electrons. The van der Waals surface area contributed by atoms with E-state index in [0.29, 0.717) is 11.4 Å². The highest BCUT2D eigenvalue weighted by atomic mass is 19.2. The standard InChI is InChI=1S/C13H7F3N4O/c14-8-3-7(4-9(15)11(8)16)12-19-13(21-20-12)6-1-2-10(17)18-5-6/h1-5H,(H2,17,18). The summed E-state index contributed by atoms with van der Waals surface area (Å²) < 4.78 is 44.2. The van der Waals surface area contributed by atoms with E-state index in [1.807, 2.05) is 0 Å². The molecule has 21 heavy (non-hydrogen) atoms. The predicted octanol–water partition coefficient (Wildman–Crippen LogP) is 2.80. The van der Waals surface area contributed by atoms with Crippen molar-refractivity contribution in [3.63, 3.8) is 0 Å². The van der Waals surface area contributed by atoms with Crippen LogP contribution in [0.15, 0.2) is 35.0 Å². The van der Waals surface area contributed by atoms with E-state index in [2.05, 4.69) is 15.1 Å². The summed E-state index contributed by atoms with van der Waals surface area (Å²) in [5.74, 6) is -3.86. The molecule has 0 saturated carbocycles. The number of aromatic nitrogens is 3. The third-order valence-electron chi connectivity index (χ3n) is 2.70. The van der Waals surface area contributed by atoms with Gasteiger partial charge in [0.1, 0.15) is 5.82 Å². The van der Waals surface area contributed by atoms with Crippen LogP contribution in [0.3, 0.4) is 0 Å². The second-order valence-electron chi connectivity index (χ2n) is 4.15. The fourth-order valence-electron chi connectivity index (χ4n) is 1.67. The van der Waals surface area contributed by atoms with E-state index in [1.165, 1.54) is 12.3 Å². The largest absolute Gasteiger partial charge is 0.384 e. The van der Waals surface area contributed by atoms with Gasteiger partial charge in [0.15, 0.2) is 17.5 Å². The summed E-state index contributed by atoms with van der Waals surface area (Å²) in [4.78, 5) is 7.84. The van der Waals surface area contributed by atoms with Crippen LogP contribution < -0.4 is 5.73 Å². The molecule has 2 aromatic heterocycles. The number of nitrogen functional groups attached to an aromatic ring is 1. The fraction of sp³-hybridized carbons (Fsp3) is 0. The van der Waals surface area contributed by atoms with Crippen molar-refractivity contribution in [1.82, 2.24) is 15.1 Å². The Morgan fingerprint density at radius 1 is 1.00 bits per heavy atom. The van der Waals surface area contributed by atoms with Gasteiger partial charge in [-0.25, -0.2) is 18.2 Å². The molecule has 0 atom stereocenters. The van der Waals surface area contributed by atoms with E-state index in [9.17, 15) is 13.2 Å². The molecular formula is C13H7F3N4O. The molecule has 2 N–H and O–H groups in total. The third kappa shape index (κ3) is 2.42. The minimum atomic E-state index is -1.55. The maximum Gasteiger partial charge on any atom is 0.259 e. The van der Waals surface area contributed by atoms with Gasteiger partial charge >= 0.3 is 0 Å². The van der Waals surface area contributed by atoms with Crippen molar-refractivity contribution >= 4 is 5.82 Å². The van der Waals surface area contributed by atoms with Crippen LogP contribution >= 0.6 is 0 Å². The Morgan fingerprint density at radius 3 is 2.33 bits per heavy atom. The summed E-state index contributed by atoms with van der Waals surface area (Å²) in [7, 11) is 0. The molecule has 0 unspecified atom stereocenters. The molecule has 0 aliphatic carbocycles. The Balaban J connectivity index is 2.00. The van der Waals surface area contributed by atoms with Crippen LogP contribution in [0.1, 0.15) is 0 Å². The quantitative estimate of drug-likeness (QED) is 0.735. The lowest BCUT2D eigenvalue weighted by Crippen LogP contribution is -1.93. The first kappa shape index (κ1) is 13.1. The topological polar surface area (TPSA) is 77.8 Å². The van der Waals surface area contributed by atoms with Gasteiger partial charge in [-0.2, -0.15) is 4.98 Å². The predicted molar refractivity (Wildman–Crippen MR) is 67.3 cm³/mol. The highest BCUT2D eigenvalue weighted by Gasteiger charge is 2.16. The van der Waals surface area contributed by atoms with Gasteiger partial charge < -0.3 is 10.3 Å². The van der Waals surface area contributed by atoms with Crippen molar-refractivity contribution in [1.29, 1.82) is 0 Å². The van der Waals surface area contributed by atoms with Gasteiger partial charge in [-0.15, -0.1) is 0 Å². The maximum absolute atomic E-state index is 13.2. The molecule has 1 aromatic carbocycles. The zero-order chi connectivity index (χ0) is 15.0. The van der Waals surface area contributed by atoms with E-state index in [-0.39, 0.29) is 17.3 Å². The van der Waals surface area contributed by atoms with Crippen molar-refractivity contribution in [2.24, 2.45) is 0 Å². The summed E-state index contributed by atoms with van der Waals surface area (Å²) in [5.41, 5.74) is 5.91. The molecule has 0 aliphatic rings. The number of rotatable bonds is 2. The lowest BCUT2D eigenvalue weighted by molar-refractivity contribution is 0.431. The van der Waals surface area contributed by atoms with Crippen molar-refractivity contribution in [3.8, 4) is 22.8 Å². The van der Waals surface area contributed by atoms with Gasteiger partial charge in [0.25, 0.3) is 5.89 Å². The number of nitrogens with zero attached hydrogens (tertiary/aromatic N) is 3. The summed E-state index contributed by atoms with van der Waals surface area (Å²) >= 11 is 0.